The smallest absolute Gasteiger partial charge is 0.254 e. The first-order chi connectivity index (χ1) is 16.5. The summed E-state index contributed by atoms with van der Waals surface area (Å²) in [6.07, 6.45) is 11.6. The molecule has 3 aliphatic carbocycles. The molecule has 1 amide bonds. The van der Waals surface area contributed by atoms with Crippen LogP contribution in [0.5, 0.6) is 0 Å². The van der Waals surface area contributed by atoms with Gasteiger partial charge >= 0.3 is 0 Å². The highest BCUT2D eigenvalue weighted by Crippen LogP contribution is 2.53. The van der Waals surface area contributed by atoms with Crippen LogP contribution in [0.3, 0.4) is 0 Å². The molecule has 0 bridgehead atoms. The van der Waals surface area contributed by atoms with E-state index in [1.54, 1.807) is 19.3 Å². The summed E-state index contributed by atoms with van der Waals surface area (Å²) in [6.45, 7) is 3.48. The van der Waals surface area contributed by atoms with Gasteiger partial charge in [-0.2, -0.15) is 0 Å². The fourth-order valence-corrected chi connectivity index (χ4v) is 5.95. The minimum Gasteiger partial charge on any atom is -0.355 e. The summed E-state index contributed by atoms with van der Waals surface area (Å²) in [6, 6.07) is 3.99. The summed E-state index contributed by atoms with van der Waals surface area (Å²) in [7, 11) is 1.65. The molecule has 178 valence electrons. The minimum atomic E-state index is -0.104. The Balaban J connectivity index is 1.14. The van der Waals surface area contributed by atoms with E-state index in [4.69, 9.17) is 4.98 Å². The third-order valence-corrected chi connectivity index (χ3v) is 8.25. The number of hydrogen-bond acceptors (Lipinski definition) is 6. The summed E-state index contributed by atoms with van der Waals surface area (Å²) in [5.74, 6) is 1.43. The van der Waals surface area contributed by atoms with Gasteiger partial charge in [0.1, 0.15) is 11.6 Å². The van der Waals surface area contributed by atoms with Crippen LogP contribution in [0.4, 0.5) is 5.82 Å². The zero-order valence-corrected chi connectivity index (χ0v) is 19.8. The third-order valence-electron chi connectivity index (χ3n) is 8.25. The van der Waals surface area contributed by atoms with Crippen LogP contribution in [0.25, 0.3) is 5.57 Å². The maximum Gasteiger partial charge on any atom is 0.254 e. The van der Waals surface area contributed by atoms with Crippen LogP contribution in [0.15, 0.2) is 29.2 Å². The van der Waals surface area contributed by atoms with E-state index < -0.39 is 0 Å². The van der Waals surface area contributed by atoms with Gasteiger partial charge < -0.3 is 15.2 Å². The van der Waals surface area contributed by atoms with Gasteiger partial charge in [0.2, 0.25) is 0 Å². The van der Waals surface area contributed by atoms with E-state index in [0.717, 1.165) is 74.8 Å². The lowest BCUT2D eigenvalue weighted by Crippen LogP contribution is -2.50. The van der Waals surface area contributed by atoms with Crippen LogP contribution in [-0.4, -0.2) is 65.0 Å². The topological polar surface area (TPSA) is 94.2 Å². The van der Waals surface area contributed by atoms with Crippen molar-refractivity contribution in [3.05, 3.63) is 57.4 Å². The van der Waals surface area contributed by atoms with Crippen molar-refractivity contribution in [3.8, 4) is 0 Å². The van der Waals surface area contributed by atoms with Crippen LogP contribution in [0.2, 0.25) is 0 Å². The molecule has 2 N–H and O–H groups in total. The molecule has 4 aliphatic rings. The van der Waals surface area contributed by atoms with E-state index in [1.807, 2.05) is 6.07 Å². The van der Waals surface area contributed by atoms with Crippen LogP contribution in [0, 0.1) is 5.41 Å². The molecular weight excluding hydrogens is 428 g/mol. The fraction of sp³-hybridized carbons (Fsp3) is 0.538. The lowest BCUT2D eigenvalue weighted by atomic mass is 9.84. The molecule has 1 aliphatic heterocycles. The molecule has 0 aromatic carbocycles. The molecule has 2 aromatic heterocycles. The molecule has 2 fully saturated rings. The van der Waals surface area contributed by atoms with E-state index in [1.165, 1.54) is 24.8 Å². The number of hydrogen-bond donors (Lipinski definition) is 2. The number of amides is 1. The molecule has 2 aromatic rings. The highest BCUT2D eigenvalue weighted by Gasteiger charge is 2.45. The average molecular weight is 461 g/mol. The monoisotopic (exact) mass is 460 g/mol. The molecule has 0 radical (unpaired) electrons. The van der Waals surface area contributed by atoms with Crippen LogP contribution < -0.4 is 15.8 Å². The maximum absolute atomic E-state index is 12.8. The van der Waals surface area contributed by atoms with Gasteiger partial charge in [-0.25, -0.2) is 9.97 Å². The van der Waals surface area contributed by atoms with Crippen LogP contribution in [-0.2, 0) is 12.8 Å². The molecule has 6 rings (SSSR count). The number of pyridine rings is 1. The van der Waals surface area contributed by atoms with Gasteiger partial charge in [0.25, 0.3) is 11.5 Å². The summed E-state index contributed by atoms with van der Waals surface area (Å²) in [4.78, 5) is 42.3. The molecule has 3 heterocycles. The Morgan fingerprint density at radius 3 is 2.76 bits per heavy atom. The first kappa shape index (κ1) is 21.5. The zero-order chi connectivity index (χ0) is 23.3. The van der Waals surface area contributed by atoms with Crippen LogP contribution >= 0.6 is 0 Å². The average Bonchev–Trinajstić information content (AvgIpc) is 3.43. The largest absolute Gasteiger partial charge is 0.355 e. The Hall–Kier alpha value is -3.00. The number of nitrogens with zero attached hydrogens (tertiary/aromatic N) is 4. The number of piperazine rings is 1. The normalized spacial score (nSPS) is 23.5. The summed E-state index contributed by atoms with van der Waals surface area (Å²) in [5.41, 5.74) is 4.24. The number of anilines is 1. The van der Waals surface area contributed by atoms with Gasteiger partial charge in [0.15, 0.2) is 0 Å². The number of rotatable bonds is 4. The fourth-order valence-electron chi connectivity index (χ4n) is 5.95. The van der Waals surface area contributed by atoms with Crippen LogP contribution in [0.1, 0.15) is 59.5 Å². The van der Waals surface area contributed by atoms with Crippen molar-refractivity contribution in [2.45, 2.75) is 51.0 Å². The van der Waals surface area contributed by atoms with Crippen molar-refractivity contribution in [1.82, 2.24) is 25.2 Å². The molecule has 1 saturated carbocycles. The highest BCUT2D eigenvalue weighted by atomic mass is 16.1. The standard InChI is InChI=1S/C26H32N6O2/c1-27-24(33)19-3-2-10-28-23(19)32-13-11-31(12-14-32)18-5-4-17(15-18)22-29-21-6-7-26(8-9-26)16-20(21)25(34)30-22/h2-3,10,15,18H,4-9,11-14,16H2,1H3,(H,27,33)(H,29,30,34). The number of aromatic nitrogens is 3. The van der Waals surface area contributed by atoms with E-state index in [9.17, 15) is 9.59 Å². The zero-order valence-electron chi connectivity index (χ0n) is 19.8. The van der Waals surface area contributed by atoms with Crippen molar-refractivity contribution >= 4 is 17.3 Å². The first-order valence-electron chi connectivity index (χ1n) is 12.5. The van der Waals surface area contributed by atoms with Crippen molar-refractivity contribution in [1.29, 1.82) is 0 Å². The predicted molar refractivity (Wildman–Crippen MR) is 131 cm³/mol. The van der Waals surface area contributed by atoms with Gasteiger partial charge in [0.05, 0.1) is 11.3 Å². The highest BCUT2D eigenvalue weighted by molar-refractivity contribution is 5.98. The van der Waals surface area contributed by atoms with Gasteiger partial charge in [-0.3, -0.25) is 14.5 Å². The minimum absolute atomic E-state index is 0.0752. The summed E-state index contributed by atoms with van der Waals surface area (Å²) in [5, 5.41) is 2.71. The van der Waals surface area contributed by atoms with Gasteiger partial charge in [0, 0.05) is 51.0 Å². The lowest BCUT2D eigenvalue weighted by Gasteiger charge is -2.38. The number of carbonyl (C=O) groups is 1. The van der Waals surface area contributed by atoms with Gasteiger partial charge in [-0.05, 0) is 68.1 Å². The Bertz CT molecular complexity index is 1210. The number of fused-ring (bicyclic) bond motifs is 1. The second-order valence-corrected chi connectivity index (χ2v) is 10.3. The van der Waals surface area contributed by atoms with E-state index >= 15 is 0 Å². The van der Waals surface area contributed by atoms with Crippen molar-refractivity contribution < 1.29 is 4.79 Å². The Morgan fingerprint density at radius 2 is 2.00 bits per heavy atom. The number of aryl methyl sites for hydroxylation is 1. The molecular formula is C26H32N6O2. The third kappa shape index (κ3) is 3.83. The quantitative estimate of drug-likeness (QED) is 0.726. The molecule has 1 unspecified atom stereocenters. The molecule has 1 saturated heterocycles. The predicted octanol–water partition coefficient (Wildman–Crippen LogP) is 2.16. The summed E-state index contributed by atoms with van der Waals surface area (Å²) >= 11 is 0. The second kappa shape index (κ2) is 8.34. The molecule has 8 heteroatoms. The molecule has 1 spiro atoms. The van der Waals surface area contributed by atoms with E-state index in [0.29, 0.717) is 17.0 Å². The van der Waals surface area contributed by atoms with Crippen molar-refractivity contribution in [3.63, 3.8) is 0 Å². The van der Waals surface area contributed by atoms with Crippen molar-refractivity contribution in [2.75, 3.05) is 38.1 Å². The number of H-pyrrole nitrogens is 1. The first-order valence-corrected chi connectivity index (χ1v) is 12.5. The maximum atomic E-state index is 12.8. The lowest BCUT2D eigenvalue weighted by molar-refractivity contribution is 0.0963. The SMILES string of the molecule is CNC(=O)c1cccnc1N1CCN(C2C=C(c3nc4c(c(=O)[nH]3)CC3(CC4)CC3)CC2)CC1. The number of carbonyl (C=O) groups excluding carboxylic acids is 1. The molecule has 34 heavy (non-hydrogen) atoms. The van der Waals surface area contributed by atoms with Gasteiger partial charge in [-0.15, -0.1) is 0 Å². The molecule has 8 nitrogen and oxygen atoms in total. The van der Waals surface area contributed by atoms with Crippen molar-refractivity contribution in [2.24, 2.45) is 5.41 Å². The van der Waals surface area contributed by atoms with E-state index in [-0.39, 0.29) is 11.5 Å². The summed E-state index contributed by atoms with van der Waals surface area (Å²) < 4.78 is 0. The molecule has 1 atom stereocenters. The number of aromatic amines is 1. The Kier molecular flexibility index (Phi) is 5.28. The van der Waals surface area contributed by atoms with E-state index in [2.05, 4.69) is 31.2 Å². The Labute approximate surface area is 199 Å². The number of nitrogens with one attached hydrogen (secondary N) is 2. The Morgan fingerprint density at radius 1 is 1.18 bits per heavy atom. The van der Waals surface area contributed by atoms with Gasteiger partial charge in [-0.1, -0.05) is 6.08 Å². The number of allylic oxidation sites excluding steroid dienone is 1. The second-order valence-electron chi connectivity index (χ2n) is 10.3.